The van der Waals surface area contributed by atoms with Gasteiger partial charge in [0, 0.05) is 30.0 Å². The van der Waals surface area contributed by atoms with E-state index in [4.69, 9.17) is 9.84 Å². The largest absolute Gasteiger partial charge is 0.481 e. The fourth-order valence-electron chi connectivity index (χ4n) is 2.16. The fourth-order valence-corrected chi connectivity index (χ4v) is 3.02. The molecule has 1 unspecified atom stereocenters. The summed E-state index contributed by atoms with van der Waals surface area (Å²) >= 11 is 1.50. The highest BCUT2D eigenvalue weighted by Gasteiger charge is 2.17. The summed E-state index contributed by atoms with van der Waals surface area (Å²) in [5, 5.41) is 14.4. The van der Waals surface area contributed by atoms with Crippen LogP contribution in [-0.4, -0.2) is 28.2 Å². The molecular formula is C17H20N2O4S. The number of hydrogen-bond acceptors (Lipinski definition) is 5. The first-order valence-electron chi connectivity index (χ1n) is 7.63. The third kappa shape index (κ3) is 6.37. The van der Waals surface area contributed by atoms with Crippen molar-refractivity contribution < 1.29 is 19.4 Å². The maximum Gasteiger partial charge on any atom is 0.407 e. The number of nitrogens with zero attached hydrogens (tertiary/aromatic N) is 1. The molecule has 128 valence electrons. The van der Waals surface area contributed by atoms with Crippen molar-refractivity contribution >= 4 is 23.4 Å². The molecule has 0 aliphatic heterocycles. The van der Waals surface area contributed by atoms with Crippen molar-refractivity contribution in [3.05, 3.63) is 52.0 Å². The van der Waals surface area contributed by atoms with E-state index in [0.29, 0.717) is 12.8 Å². The van der Waals surface area contributed by atoms with Gasteiger partial charge in [-0.3, -0.25) is 4.79 Å². The monoisotopic (exact) mass is 348 g/mol. The zero-order valence-corrected chi connectivity index (χ0v) is 14.2. The minimum atomic E-state index is -0.894. The molecule has 1 aromatic heterocycles. The second-order valence-corrected chi connectivity index (χ2v) is 6.36. The van der Waals surface area contributed by atoms with E-state index in [2.05, 4.69) is 10.3 Å². The molecule has 6 nitrogen and oxygen atoms in total. The molecule has 7 heteroatoms. The number of alkyl carbamates (subject to hydrolysis) is 1. The average Bonchev–Trinajstić information content (AvgIpc) is 2.96. The van der Waals surface area contributed by atoms with Crippen LogP contribution in [0.4, 0.5) is 4.79 Å². The predicted octanol–water partition coefficient (Wildman–Crippen LogP) is 3.15. The van der Waals surface area contributed by atoms with Crippen molar-refractivity contribution in [1.29, 1.82) is 0 Å². The van der Waals surface area contributed by atoms with Crippen LogP contribution in [0.3, 0.4) is 0 Å². The highest BCUT2D eigenvalue weighted by atomic mass is 32.1. The first-order valence-corrected chi connectivity index (χ1v) is 8.51. The quantitative estimate of drug-likeness (QED) is 0.765. The number of amides is 1. The normalized spacial score (nSPS) is 11.7. The molecular weight excluding hydrogens is 328 g/mol. The Hall–Kier alpha value is -2.41. The summed E-state index contributed by atoms with van der Waals surface area (Å²) in [6, 6.07) is 9.05. The Balaban J connectivity index is 1.88. The Labute approximate surface area is 144 Å². The minimum absolute atomic E-state index is 0.0199. The number of carboxylic acid groups (broad SMARTS) is 1. The second kappa shape index (κ2) is 9.02. The molecule has 1 amide bonds. The van der Waals surface area contributed by atoms with Gasteiger partial charge in [-0.2, -0.15) is 0 Å². The van der Waals surface area contributed by atoms with Gasteiger partial charge in [-0.05, 0) is 18.9 Å². The summed E-state index contributed by atoms with van der Waals surface area (Å²) in [5.74, 6) is -0.894. The van der Waals surface area contributed by atoms with E-state index in [1.807, 2.05) is 42.6 Å². The topological polar surface area (TPSA) is 88.5 Å². The maximum absolute atomic E-state index is 12.0. The van der Waals surface area contributed by atoms with E-state index in [9.17, 15) is 9.59 Å². The summed E-state index contributed by atoms with van der Waals surface area (Å²) in [5.41, 5.74) is 1.81. The van der Waals surface area contributed by atoms with Crippen molar-refractivity contribution in [3.8, 4) is 0 Å². The molecule has 2 N–H and O–H groups in total. The molecule has 0 saturated carbocycles. The van der Waals surface area contributed by atoms with Gasteiger partial charge in [0.25, 0.3) is 0 Å². The number of benzene rings is 1. The number of carbonyl (C=O) groups excluding carboxylic acids is 1. The molecule has 0 spiro atoms. The number of hydrogen-bond donors (Lipinski definition) is 2. The summed E-state index contributed by atoms with van der Waals surface area (Å²) in [7, 11) is 0. The van der Waals surface area contributed by atoms with Gasteiger partial charge >= 0.3 is 12.1 Å². The molecule has 0 aliphatic rings. The van der Waals surface area contributed by atoms with Crippen LogP contribution < -0.4 is 5.32 Å². The van der Waals surface area contributed by atoms with Crippen LogP contribution in [0, 0.1) is 6.92 Å². The van der Waals surface area contributed by atoms with Gasteiger partial charge in [0.2, 0.25) is 0 Å². The lowest BCUT2D eigenvalue weighted by atomic mass is 10.1. The van der Waals surface area contributed by atoms with E-state index < -0.39 is 12.1 Å². The Morgan fingerprint density at radius 2 is 2.08 bits per heavy atom. The standard InChI is InChI=1S/C17H20N2O4S/c1-12-11-24-15(18-12)9-14(7-8-16(20)21)19-17(22)23-10-13-5-3-2-4-6-13/h2-6,11,14H,7-10H2,1H3,(H,19,22)(H,20,21). The Morgan fingerprint density at radius 3 is 2.71 bits per heavy atom. The van der Waals surface area contributed by atoms with Crippen LogP contribution in [0.1, 0.15) is 29.1 Å². The Morgan fingerprint density at radius 1 is 1.33 bits per heavy atom. The van der Waals surface area contributed by atoms with Crippen LogP contribution in [0.25, 0.3) is 0 Å². The second-order valence-electron chi connectivity index (χ2n) is 5.42. The number of thiazole rings is 1. The summed E-state index contributed by atoms with van der Waals surface area (Å²) < 4.78 is 5.19. The van der Waals surface area contributed by atoms with Crippen LogP contribution in [0.15, 0.2) is 35.7 Å². The molecule has 1 aromatic carbocycles. The van der Waals surface area contributed by atoms with E-state index in [1.54, 1.807) is 0 Å². The first-order chi connectivity index (χ1) is 11.5. The molecule has 1 atom stereocenters. The zero-order chi connectivity index (χ0) is 17.4. The number of aliphatic carboxylic acids is 1. The number of carbonyl (C=O) groups is 2. The van der Waals surface area contributed by atoms with Gasteiger partial charge in [-0.15, -0.1) is 11.3 Å². The predicted molar refractivity (Wildman–Crippen MR) is 91.0 cm³/mol. The third-order valence-corrected chi connectivity index (χ3v) is 4.32. The number of nitrogens with one attached hydrogen (secondary N) is 1. The molecule has 0 fully saturated rings. The molecule has 24 heavy (non-hydrogen) atoms. The van der Waals surface area contributed by atoms with Gasteiger partial charge in [-0.1, -0.05) is 30.3 Å². The van der Waals surface area contributed by atoms with E-state index in [0.717, 1.165) is 16.3 Å². The smallest absolute Gasteiger partial charge is 0.407 e. The minimum Gasteiger partial charge on any atom is -0.481 e. The van der Waals surface area contributed by atoms with Crippen LogP contribution in [-0.2, 0) is 22.6 Å². The van der Waals surface area contributed by atoms with Crippen molar-refractivity contribution in [2.75, 3.05) is 0 Å². The number of ether oxygens (including phenoxy) is 1. The van der Waals surface area contributed by atoms with Gasteiger partial charge in [0.1, 0.15) is 6.61 Å². The van der Waals surface area contributed by atoms with Crippen LogP contribution >= 0.6 is 11.3 Å². The molecule has 0 bridgehead atoms. The maximum atomic E-state index is 12.0. The van der Waals surface area contributed by atoms with Crippen molar-refractivity contribution in [2.45, 2.75) is 38.8 Å². The van der Waals surface area contributed by atoms with Crippen LogP contribution in [0.2, 0.25) is 0 Å². The number of carboxylic acids is 1. The van der Waals surface area contributed by atoms with Crippen LogP contribution in [0.5, 0.6) is 0 Å². The summed E-state index contributed by atoms with van der Waals surface area (Å²) in [6.07, 6.45) is 0.247. The molecule has 2 rings (SSSR count). The summed E-state index contributed by atoms with van der Waals surface area (Å²) in [4.78, 5) is 27.1. The Bertz CT molecular complexity index is 672. The van der Waals surface area contributed by atoms with E-state index in [-0.39, 0.29) is 19.1 Å². The molecule has 2 aromatic rings. The van der Waals surface area contributed by atoms with Crippen molar-refractivity contribution in [2.24, 2.45) is 0 Å². The molecule has 1 heterocycles. The lowest BCUT2D eigenvalue weighted by Gasteiger charge is -2.17. The highest BCUT2D eigenvalue weighted by molar-refractivity contribution is 7.09. The number of aryl methyl sites for hydroxylation is 1. The first kappa shape index (κ1) is 17.9. The van der Waals surface area contributed by atoms with Crippen molar-refractivity contribution in [3.63, 3.8) is 0 Å². The van der Waals surface area contributed by atoms with E-state index in [1.165, 1.54) is 11.3 Å². The summed E-state index contributed by atoms with van der Waals surface area (Å²) in [6.45, 7) is 2.07. The van der Waals surface area contributed by atoms with Crippen molar-refractivity contribution in [1.82, 2.24) is 10.3 Å². The average molecular weight is 348 g/mol. The number of aromatic nitrogens is 1. The fraction of sp³-hybridized carbons (Fsp3) is 0.353. The van der Waals surface area contributed by atoms with Gasteiger partial charge in [0.05, 0.1) is 5.01 Å². The van der Waals surface area contributed by atoms with Gasteiger partial charge in [0.15, 0.2) is 0 Å². The molecule has 0 radical (unpaired) electrons. The third-order valence-electron chi connectivity index (χ3n) is 3.33. The zero-order valence-electron chi connectivity index (χ0n) is 13.4. The SMILES string of the molecule is Cc1csc(CC(CCC(=O)O)NC(=O)OCc2ccccc2)n1. The molecule has 0 aliphatic carbocycles. The highest BCUT2D eigenvalue weighted by Crippen LogP contribution is 2.13. The number of rotatable bonds is 8. The molecule has 0 saturated heterocycles. The Kier molecular flexibility index (Phi) is 6.74. The lowest BCUT2D eigenvalue weighted by molar-refractivity contribution is -0.137. The van der Waals surface area contributed by atoms with Gasteiger partial charge < -0.3 is 15.2 Å². The van der Waals surface area contributed by atoms with Gasteiger partial charge in [-0.25, -0.2) is 9.78 Å². The lowest BCUT2D eigenvalue weighted by Crippen LogP contribution is -2.37. The van der Waals surface area contributed by atoms with E-state index >= 15 is 0 Å².